The number of piperidine rings is 1. The Morgan fingerprint density at radius 1 is 1.37 bits per heavy atom. The highest BCUT2D eigenvalue weighted by atomic mass is 35.5. The van der Waals surface area contributed by atoms with Crippen LogP contribution >= 0.6 is 11.6 Å². The lowest BCUT2D eigenvalue weighted by atomic mass is 10.0. The van der Waals surface area contributed by atoms with Crippen LogP contribution in [0.25, 0.3) is 0 Å². The molecule has 1 fully saturated rings. The average Bonchev–Trinajstić information content (AvgIpc) is 2.38. The number of hydrogen-bond acceptors (Lipinski definition) is 2. The van der Waals surface area contributed by atoms with Gasteiger partial charge in [0.05, 0.1) is 0 Å². The molecule has 19 heavy (non-hydrogen) atoms. The molecule has 106 valence electrons. The fraction of sp³-hybridized carbons (Fsp3) is 0.600. The topological polar surface area (TPSA) is 15.3 Å². The molecule has 0 atom stereocenters. The minimum absolute atomic E-state index is 0.223. The van der Waals surface area contributed by atoms with Gasteiger partial charge in [0, 0.05) is 29.2 Å². The lowest BCUT2D eigenvalue weighted by molar-refractivity contribution is 0.160. The summed E-state index contributed by atoms with van der Waals surface area (Å²) in [7, 11) is 0. The Labute approximate surface area is 119 Å². The van der Waals surface area contributed by atoms with E-state index in [1.165, 1.54) is 6.07 Å². The minimum Gasteiger partial charge on any atom is -0.310 e. The van der Waals surface area contributed by atoms with E-state index in [1.54, 1.807) is 12.1 Å². The summed E-state index contributed by atoms with van der Waals surface area (Å²) in [5, 5.41) is 3.90. The van der Waals surface area contributed by atoms with Crippen molar-refractivity contribution in [3.63, 3.8) is 0 Å². The molecule has 0 saturated carbocycles. The largest absolute Gasteiger partial charge is 0.310 e. The molecule has 1 heterocycles. The predicted molar refractivity (Wildman–Crippen MR) is 78.0 cm³/mol. The molecule has 1 saturated heterocycles. The van der Waals surface area contributed by atoms with Crippen molar-refractivity contribution in [2.75, 3.05) is 13.1 Å². The van der Waals surface area contributed by atoms with Crippen molar-refractivity contribution in [2.24, 2.45) is 0 Å². The summed E-state index contributed by atoms with van der Waals surface area (Å²) in [5.41, 5.74) is 0.690. The molecule has 0 bridgehead atoms. The Hall–Kier alpha value is -0.640. The molecule has 0 radical (unpaired) electrons. The number of nitrogens with zero attached hydrogens (tertiary/aromatic N) is 1. The summed E-state index contributed by atoms with van der Waals surface area (Å²) in [4.78, 5) is 2.49. The second-order valence-corrected chi connectivity index (χ2v) is 5.96. The first kappa shape index (κ1) is 14.8. The van der Waals surface area contributed by atoms with E-state index in [0.717, 1.165) is 25.9 Å². The van der Waals surface area contributed by atoms with Crippen LogP contribution in [-0.2, 0) is 6.54 Å². The molecule has 1 aromatic rings. The van der Waals surface area contributed by atoms with Crippen LogP contribution in [0.1, 0.15) is 32.3 Å². The van der Waals surface area contributed by atoms with Gasteiger partial charge in [0.1, 0.15) is 5.82 Å². The van der Waals surface area contributed by atoms with Crippen LogP contribution in [0.2, 0.25) is 5.02 Å². The second-order valence-electron chi connectivity index (χ2n) is 5.52. The fourth-order valence-corrected chi connectivity index (χ4v) is 2.70. The quantitative estimate of drug-likeness (QED) is 0.911. The third-order valence-corrected chi connectivity index (χ3v) is 4.09. The number of nitrogens with one attached hydrogen (secondary N) is 1. The summed E-state index contributed by atoms with van der Waals surface area (Å²) < 4.78 is 13.6. The van der Waals surface area contributed by atoms with Crippen molar-refractivity contribution in [3.05, 3.63) is 34.6 Å². The Bertz CT molecular complexity index is 415. The molecular weight excluding hydrogens is 263 g/mol. The minimum atomic E-state index is -0.223. The van der Waals surface area contributed by atoms with Gasteiger partial charge in [-0.1, -0.05) is 17.7 Å². The molecule has 1 aliphatic rings. The maximum atomic E-state index is 13.6. The van der Waals surface area contributed by atoms with E-state index in [4.69, 9.17) is 11.6 Å². The lowest BCUT2D eigenvalue weighted by Gasteiger charge is -2.35. The number of rotatable bonds is 4. The van der Waals surface area contributed by atoms with Crippen molar-refractivity contribution in [1.82, 2.24) is 10.2 Å². The van der Waals surface area contributed by atoms with Crippen LogP contribution in [0.15, 0.2) is 18.2 Å². The van der Waals surface area contributed by atoms with Gasteiger partial charge in [-0.2, -0.15) is 0 Å². The Morgan fingerprint density at radius 3 is 2.63 bits per heavy atom. The van der Waals surface area contributed by atoms with Crippen molar-refractivity contribution in [1.29, 1.82) is 0 Å². The molecule has 4 heteroatoms. The first-order valence-electron chi connectivity index (χ1n) is 6.97. The van der Waals surface area contributed by atoms with E-state index in [1.807, 2.05) is 0 Å². The summed E-state index contributed by atoms with van der Waals surface area (Å²) in [6, 6.07) is 5.98. The standard InChI is InChI=1S/C15H22ClFN2/c1-11(2)19-7-5-14(6-8-19)18-10-12-3-4-13(16)9-15(12)17/h3-4,9,11,14,18H,5-8,10H2,1-2H3. The van der Waals surface area contributed by atoms with Gasteiger partial charge in [-0.3, -0.25) is 0 Å². The monoisotopic (exact) mass is 284 g/mol. The Balaban J connectivity index is 1.80. The van der Waals surface area contributed by atoms with Gasteiger partial charge in [-0.05, 0) is 51.9 Å². The molecule has 2 nitrogen and oxygen atoms in total. The highest BCUT2D eigenvalue weighted by Gasteiger charge is 2.20. The van der Waals surface area contributed by atoms with E-state index in [0.29, 0.717) is 29.2 Å². The zero-order valence-corrected chi connectivity index (χ0v) is 12.4. The van der Waals surface area contributed by atoms with Crippen LogP contribution in [0, 0.1) is 5.82 Å². The fourth-order valence-electron chi connectivity index (χ4n) is 2.54. The van der Waals surface area contributed by atoms with E-state index in [9.17, 15) is 4.39 Å². The first-order valence-corrected chi connectivity index (χ1v) is 7.35. The van der Waals surface area contributed by atoms with Gasteiger partial charge in [0.2, 0.25) is 0 Å². The van der Waals surface area contributed by atoms with Gasteiger partial charge in [-0.25, -0.2) is 4.39 Å². The highest BCUT2D eigenvalue weighted by Crippen LogP contribution is 2.16. The van der Waals surface area contributed by atoms with Crippen LogP contribution in [0.4, 0.5) is 4.39 Å². The second kappa shape index (κ2) is 6.69. The predicted octanol–water partition coefficient (Wildman–Crippen LogP) is 3.44. The van der Waals surface area contributed by atoms with Gasteiger partial charge in [0.15, 0.2) is 0 Å². The summed E-state index contributed by atoms with van der Waals surface area (Å²) in [5.74, 6) is -0.223. The average molecular weight is 285 g/mol. The third kappa shape index (κ3) is 4.16. The van der Waals surface area contributed by atoms with Crippen LogP contribution in [-0.4, -0.2) is 30.1 Å². The lowest BCUT2D eigenvalue weighted by Crippen LogP contribution is -2.44. The third-order valence-electron chi connectivity index (χ3n) is 3.86. The van der Waals surface area contributed by atoms with E-state index >= 15 is 0 Å². The number of halogens is 2. The highest BCUT2D eigenvalue weighted by molar-refractivity contribution is 6.30. The first-order chi connectivity index (χ1) is 9.06. The number of hydrogen-bond donors (Lipinski definition) is 1. The normalized spacial score (nSPS) is 18.2. The molecule has 0 amide bonds. The van der Waals surface area contributed by atoms with Crippen LogP contribution < -0.4 is 5.32 Å². The smallest absolute Gasteiger partial charge is 0.129 e. The van der Waals surface area contributed by atoms with Gasteiger partial charge >= 0.3 is 0 Å². The number of likely N-dealkylation sites (tertiary alicyclic amines) is 1. The summed E-state index contributed by atoms with van der Waals surface area (Å²) in [6.07, 6.45) is 2.26. The van der Waals surface area contributed by atoms with Gasteiger partial charge in [0.25, 0.3) is 0 Å². The Morgan fingerprint density at radius 2 is 2.05 bits per heavy atom. The van der Waals surface area contributed by atoms with E-state index in [-0.39, 0.29) is 5.82 Å². The van der Waals surface area contributed by atoms with Crippen LogP contribution in [0.5, 0.6) is 0 Å². The number of benzene rings is 1. The van der Waals surface area contributed by atoms with Crippen molar-refractivity contribution in [2.45, 2.75) is 45.3 Å². The molecule has 0 aliphatic carbocycles. The maximum Gasteiger partial charge on any atom is 0.129 e. The molecule has 0 aromatic heterocycles. The van der Waals surface area contributed by atoms with E-state index in [2.05, 4.69) is 24.1 Å². The zero-order valence-electron chi connectivity index (χ0n) is 11.6. The molecule has 1 N–H and O–H groups in total. The molecular formula is C15H22ClFN2. The maximum absolute atomic E-state index is 13.6. The van der Waals surface area contributed by atoms with Crippen molar-refractivity contribution >= 4 is 11.6 Å². The van der Waals surface area contributed by atoms with Crippen LogP contribution in [0.3, 0.4) is 0 Å². The summed E-state index contributed by atoms with van der Waals surface area (Å²) >= 11 is 5.75. The molecule has 1 aliphatic heterocycles. The molecule has 0 spiro atoms. The molecule has 2 rings (SSSR count). The molecule has 1 aromatic carbocycles. The van der Waals surface area contributed by atoms with Crippen molar-refractivity contribution < 1.29 is 4.39 Å². The van der Waals surface area contributed by atoms with E-state index < -0.39 is 0 Å². The molecule has 0 unspecified atom stereocenters. The van der Waals surface area contributed by atoms with Gasteiger partial charge < -0.3 is 10.2 Å². The summed E-state index contributed by atoms with van der Waals surface area (Å²) in [6.45, 7) is 7.29. The van der Waals surface area contributed by atoms with Crippen molar-refractivity contribution in [3.8, 4) is 0 Å². The van der Waals surface area contributed by atoms with Gasteiger partial charge in [-0.15, -0.1) is 0 Å². The SMILES string of the molecule is CC(C)N1CCC(NCc2ccc(Cl)cc2F)CC1. The Kier molecular flexibility index (Phi) is 5.20. The zero-order chi connectivity index (χ0) is 13.8.